The molecule has 5 rings (SSSR count). The van der Waals surface area contributed by atoms with Crippen LogP contribution >= 0.6 is 23.2 Å². The molecular formula is C28H26Cl2F3N3O3S. The summed E-state index contributed by atoms with van der Waals surface area (Å²) in [6.07, 6.45) is -4.77. The van der Waals surface area contributed by atoms with E-state index in [4.69, 9.17) is 23.2 Å². The zero-order valence-electron chi connectivity index (χ0n) is 21.5. The molecule has 1 saturated heterocycles. The maximum atomic E-state index is 13.8. The number of amides is 1. The lowest BCUT2D eigenvalue weighted by atomic mass is 10.00. The average molecular weight is 613 g/mol. The van der Waals surface area contributed by atoms with Gasteiger partial charge >= 0.3 is 12.1 Å². The van der Waals surface area contributed by atoms with E-state index in [1.807, 2.05) is 37.3 Å². The summed E-state index contributed by atoms with van der Waals surface area (Å²) in [6.45, 7) is 2.20. The third-order valence-corrected chi connectivity index (χ3v) is 9.78. The third kappa shape index (κ3) is 5.68. The van der Waals surface area contributed by atoms with Crippen molar-refractivity contribution in [1.82, 2.24) is 9.21 Å². The minimum Gasteiger partial charge on any atom is -0.361 e. The number of nitrogens with zero attached hydrogens (tertiary/aromatic N) is 3. The Balaban J connectivity index is 1.45. The highest BCUT2D eigenvalue weighted by molar-refractivity contribution is 7.89. The summed E-state index contributed by atoms with van der Waals surface area (Å²) < 4.78 is 68.1. The van der Waals surface area contributed by atoms with E-state index >= 15 is 0 Å². The van der Waals surface area contributed by atoms with Crippen molar-refractivity contribution in [2.75, 3.05) is 31.1 Å². The zero-order chi connectivity index (χ0) is 28.8. The molecule has 0 bridgehead atoms. The molecule has 12 heteroatoms. The van der Waals surface area contributed by atoms with Crippen LogP contribution in [0.2, 0.25) is 10.0 Å². The van der Waals surface area contributed by atoms with Gasteiger partial charge in [-0.3, -0.25) is 4.79 Å². The van der Waals surface area contributed by atoms with E-state index in [0.29, 0.717) is 27.1 Å². The molecule has 2 aliphatic heterocycles. The smallest absolute Gasteiger partial charge is 0.361 e. The van der Waals surface area contributed by atoms with Gasteiger partial charge in [0.1, 0.15) is 0 Å². The normalized spacial score (nSPS) is 18.5. The number of sulfonamides is 1. The first kappa shape index (κ1) is 28.7. The number of aryl methyl sites for hydroxylation is 1. The number of piperazine rings is 1. The number of benzene rings is 3. The molecule has 0 aliphatic carbocycles. The molecule has 0 aromatic heterocycles. The van der Waals surface area contributed by atoms with Gasteiger partial charge in [0.05, 0.1) is 21.6 Å². The fourth-order valence-electron chi connectivity index (χ4n) is 5.28. The van der Waals surface area contributed by atoms with E-state index in [1.165, 1.54) is 16.4 Å². The van der Waals surface area contributed by atoms with Crippen molar-refractivity contribution in [2.45, 2.75) is 37.0 Å². The van der Waals surface area contributed by atoms with Crippen LogP contribution in [0.15, 0.2) is 65.6 Å². The number of carbonyl (C=O) groups is 1. The van der Waals surface area contributed by atoms with Crippen LogP contribution in [0.1, 0.15) is 28.3 Å². The van der Waals surface area contributed by atoms with E-state index in [-0.39, 0.29) is 43.5 Å². The average Bonchev–Trinajstić information content (AvgIpc) is 2.92. The first-order valence-electron chi connectivity index (χ1n) is 12.6. The summed E-state index contributed by atoms with van der Waals surface area (Å²) in [4.78, 5) is 14.6. The second-order valence-corrected chi connectivity index (χ2v) is 12.8. The Morgan fingerprint density at radius 1 is 0.925 bits per heavy atom. The second-order valence-electron chi connectivity index (χ2n) is 9.98. The lowest BCUT2D eigenvalue weighted by molar-refractivity contribution is -0.186. The van der Waals surface area contributed by atoms with Crippen LogP contribution in [0.5, 0.6) is 0 Å². The molecular weight excluding hydrogens is 586 g/mol. The van der Waals surface area contributed by atoms with Gasteiger partial charge in [-0.05, 0) is 72.0 Å². The van der Waals surface area contributed by atoms with E-state index < -0.39 is 22.1 Å². The van der Waals surface area contributed by atoms with Gasteiger partial charge in [-0.2, -0.15) is 17.5 Å². The fraction of sp³-hybridized carbons (Fsp3) is 0.321. The number of alkyl halides is 3. The molecule has 2 heterocycles. The highest BCUT2D eigenvalue weighted by atomic mass is 35.5. The van der Waals surface area contributed by atoms with Crippen molar-refractivity contribution < 1.29 is 26.4 Å². The molecule has 0 spiro atoms. The SMILES string of the molecule is Cc1ccc(N2CCN(S(=O)(=O)c3ccc4c(c3)CN(C(=O)C(F)(F)F)CC4)CC2c2ccc(Cl)cc2)c(Cl)c1. The maximum Gasteiger partial charge on any atom is 0.471 e. The van der Waals surface area contributed by atoms with Gasteiger partial charge in [0, 0.05) is 37.7 Å². The zero-order valence-corrected chi connectivity index (χ0v) is 23.8. The number of hydrogen-bond donors (Lipinski definition) is 0. The first-order chi connectivity index (χ1) is 18.8. The summed E-state index contributed by atoms with van der Waals surface area (Å²) in [5.74, 6) is -1.93. The first-order valence-corrected chi connectivity index (χ1v) is 14.8. The third-order valence-electron chi connectivity index (χ3n) is 7.37. The molecule has 40 heavy (non-hydrogen) atoms. The molecule has 212 valence electrons. The molecule has 2 aliphatic rings. The van der Waals surface area contributed by atoms with Crippen LogP contribution in [0.3, 0.4) is 0 Å². The Hall–Kier alpha value is -2.79. The van der Waals surface area contributed by atoms with Crippen LogP contribution in [-0.2, 0) is 27.8 Å². The van der Waals surface area contributed by atoms with Gasteiger partial charge in [-0.25, -0.2) is 8.42 Å². The summed E-state index contributed by atoms with van der Waals surface area (Å²) in [5, 5.41) is 1.11. The Kier molecular flexibility index (Phi) is 7.82. The predicted octanol–water partition coefficient (Wildman–Crippen LogP) is 6.00. The lowest BCUT2D eigenvalue weighted by Crippen LogP contribution is -2.50. The second kappa shape index (κ2) is 10.9. The van der Waals surface area contributed by atoms with Crippen LogP contribution in [-0.4, -0.2) is 55.9 Å². The minimum absolute atomic E-state index is 0.0239. The van der Waals surface area contributed by atoms with Gasteiger partial charge in [-0.1, -0.05) is 47.5 Å². The quantitative estimate of drug-likeness (QED) is 0.363. The predicted molar refractivity (Wildman–Crippen MR) is 148 cm³/mol. The lowest BCUT2D eigenvalue weighted by Gasteiger charge is -2.43. The number of rotatable bonds is 4. The highest BCUT2D eigenvalue weighted by Gasteiger charge is 2.43. The fourth-order valence-corrected chi connectivity index (χ4v) is 7.23. The minimum atomic E-state index is -4.99. The highest BCUT2D eigenvalue weighted by Crippen LogP contribution is 2.38. The van der Waals surface area contributed by atoms with Crippen molar-refractivity contribution in [3.63, 3.8) is 0 Å². The maximum absolute atomic E-state index is 13.8. The number of carbonyl (C=O) groups excluding carboxylic acids is 1. The van der Waals surface area contributed by atoms with Gasteiger partial charge in [0.15, 0.2) is 0 Å². The van der Waals surface area contributed by atoms with Crippen LogP contribution in [0, 0.1) is 6.92 Å². The van der Waals surface area contributed by atoms with Crippen molar-refractivity contribution in [3.8, 4) is 0 Å². The number of anilines is 1. The Morgan fingerprint density at radius 2 is 1.65 bits per heavy atom. The van der Waals surface area contributed by atoms with Gasteiger partial charge in [0.2, 0.25) is 10.0 Å². The topological polar surface area (TPSA) is 60.9 Å². The monoisotopic (exact) mass is 611 g/mol. The van der Waals surface area contributed by atoms with Gasteiger partial charge < -0.3 is 9.80 Å². The molecule has 0 saturated carbocycles. The molecule has 6 nitrogen and oxygen atoms in total. The molecule has 1 amide bonds. The molecule has 1 fully saturated rings. The standard InChI is InChI=1S/C28H26Cl2F3N3O3S/c1-18-2-9-25(24(30)14-18)36-13-12-35(17-26(36)20-3-6-22(29)7-4-20)40(38,39)23-8-5-19-10-11-34(16-21(19)15-23)27(37)28(31,32)33/h2-9,14-15,26H,10-13,16-17H2,1H3. The summed E-state index contributed by atoms with van der Waals surface area (Å²) >= 11 is 12.7. The molecule has 1 atom stereocenters. The Bertz CT molecular complexity index is 1550. The molecule has 1 unspecified atom stereocenters. The van der Waals surface area contributed by atoms with E-state index in [0.717, 1.165) is 22.4 Å². The number of halogens is 5. The van der Waals surface area contributed by atoms with E-state index in [1.54, 1.807) is 18.2 Å². The Morgan fingerprint density at radius 3 is 2.33 bits per heavy atom. The van der Waals surface area contributed by atoms with Crippen molar-refractivity contribution in [1.29, 1.82) is 0 Å². The van der Waals surface area contributed by atoms with Crippen molar-refractivity contribution >= 4 is 44.8 Å². The summed E-state index contributed by atoms with van der Waals surface area (Å²) in [7, 11) is -4.01. The van der Waals surface area contributed by atoms with E-state index in [2.05, 4.69) is 4.90 Å². The van der Waals surface area contributed by atoms with Crippen LogP contribution in [0.25, 0.3) is 0 Å². The molecule has 3 aromatic carbocycles. The van der Waals surface area contributed by atoms with E-state index in [9.17, 15) is 26.4 Å². The number of hydrogen-bond acceptors (Lipinski definition) is 4. The van der Waals surface area contributed by atoms with Crippen LogP contribution in [0.4, 0.5) is 18.9 Å². The number of fused-ring (bicyclic) bond motifs is 1. The molecule has 0 radical (unpaired) electrons. The summed E-state index contributed by atoms with van der Waals surface area (Å²) in [5.41, 5.74) is 3.76. The summed E-state index contributed by atoms with van der Waals surface area (Å²) in [6, 6.07) is 17.0. The molecule has 3 aromatic rings. The van der Waals surface area contributed by atoms with Crippen molar-refractivity contribution in [3.05, 3.63) is 93.0 Å². The Labute approximate surface area is 240 Å². The molecule has 0 N–H and O–H groups in total. The van der Waals surface area contributed by atoms with Gasteiger partial charge in [-0.15, -0.1) is 0 Å². The van der Waals surface area contributed by atoms with Crippen molar-refractivity contribution in [2.24, 2.45) is 0 Å². The van der Waals surface area contributed by atoms with Gasteiger partial charge in [0.25, 0.3) is 0 Å². The van der Waals surface area contributed by atoms with Crippen LogP contribution < -0.4 is 4.90 Å². The largest absolute Gasteiger partial charge is 0.471 e.